The molecule has 0 saturated carbocycles. The van der Waals surface area contributed by atoms with Crippen LogP contribution in [-0.4, -0.2) is 16.7 Å². The Kier molecular flexibility index (Phi) is 5.79. The van der Waals surface area contributed by atoms with Crippen LogP contribution in [0.25, 0.3) is 10.9 Å². The second-order valence-electron chi connectivity index (χ2n) is 6.53. The molecule has 29 heavy (non-hydrogen) atoms. The van der Waals surface area contributed by atoms with E-state index in [2.05, 4.69) is 37.1 Å². The Morgan fingerprint density at radius 3 is 2.55 bits per heavy atom. The summed E-state index contributed by atoms with van der Waals surface area (Å²) >= 11 is 9.69. The fraction of sp³-hybridized carbons (Fsp3) is 0.0435. The molecular weight excluding hydrogens is 450 g/mol. The van der Waals surface area contributed by atoms with Gasteiger partial charge in [-0.3, -0.25) is 4.79 Å². The number of hydrogen-bond donors (Lipinski definition) is 1. The number of amides is 1. The Balaban J connectivity index is 1.57. The minimum atomic E-state index is -0.256. The number of para-hydroxylation sites is 1. The van der Waals surface area contributed by atoms with Crippen LogP contribution in [0.5, 0.6) is 0 Å². The van der Waals surface area contributed by atoms with Gasteiger partial charge in [0.2, 0.25) is 0 Å². The maximum Gasteiger partial charge on any atom is 0.271 e. The van der Waals surface area contributed by atoms with E-state index in [1.165, 1.54) is 0 Å². The third-order valence-electron chi connectivity index (χ3n) is 4.59. The maximum absolute atomic E-state index is 12.2. The Bertz CT molecular complexity index is 1200. The van der Waals surface area contributed by atoms with Crippen molar-refractivity contribution in [1.29, 1.82) is 0 Å². The molecule has 4 rings (SSSR count). The van der Waals surface area contributed by atoms with Crippen LogP contribution >= 0.6 is 27.5 Å². The molecule has 0 fully saturated rings. The highest BCUT2D eigenvalue weighted by atomic mass is 79.9. The summed E-state index contributed by atoms with van der Waals surface area (Å²) in [5.41, 5.74) is 6.17. The summed E-state index contributed by atoms with van der Waals surface area (Å²) in [5.74, 6) is -0.256. The number of benzene rings is 3. The molecule has 0 aliphatic carbocycles. The molecule has 0 radical (unpaired) electrons. The molecule has 0 bridgehead atoms. The van der Waals surface area contributed by atoms with Crippen LogP contribution in [0.4, 0.5) is 0 Å². The first-order valence-electron chi connectivity index (χ1n) is 9.02. The van der Waals surface area contributed by atoms with E-state index < -0.39 is 0 Å². The first-order chi connectivity index (χ1) is 14.1. The minimum Gasteiger partial charge on any atom is -0.342 e. The van der Waals surface area contributed by atoms with Crippen molar-refractivity contribution in [1.82, 2.24) is 9.99 Å². The van der Waals surface area contributed by atoms with Crippen LogP contribution in [0, 0.1) is 0 Å². The fourth-order valence-corrected chi connectivity index (χ4v) is 3.61. The summed E-state index contributed by atoms with van der Waals surface area (Å²) in [6.45, 7) is 0.652. The molecule has 144 valence electrons. The lowest BCUT2D eigenvalue weighted by Gasteiger charge is -2.07. The Labute approximate surface area is 181 Å². The van der Waals surface area contributed by atoms with Gasteiger partial charge in [-0.05, 0) is 42.0 Å². The van der Waals surface area contributed by atoms with E-state index in [1.54, 1.807) is 18.3 Å². The predicted molar refractivity (Wildman–Crippen MR) is 122 cm³/mol. The minimum absolute atomic E-state index is 0.256. The fourth-order valence-electron chi connectivity index (χ4n) is 3.15. The van der Waals surface area contributed by atoms with E-state index >= 15 is 0 Å². The highest BCUT2D eigenvalue weighted by Gasteiger charge is 2.09. The first kappa shape index (κ1) is 19.4. The molecule has 1 aromatic heterocycles. The van der Waals surface area contributed by atoms with Crippen LogP contribution in [0.2, 0.25) is 5.02 Å². The normalized spacial score (nSPS) is 11.2. The Morgan fingerprint density at radius 1 is 1.03 bits per heavy atom. The number of rotatable bonds is 5. The molecule has 0 aliphatic heterocycles. The van der Waals surface area contributed by atoms with Gasteiger partial charge in [-0.1, -0.05) is 63.9 Å². The van der Waals surface area contributed by atoms with Crippen molar-refractivity contribution in [3.8, 4) is 0 Å². The third kappa shape index (κ3) is 4.42. The number of halogens is 2. The van der Waals surface area contributed by atoms with Crippen LogP contribution < -0.4 is 5.43 Å². The second kappa shape index (κ2) is 8.64. The highest BCUT2D eigenvalue weighted by Crippen LogP contribution is 2.23. The average molecular weight is 467 g/mol. The molecule has 0 atom stereocenters. The average Bonchev–Trinajstić information content (AvgIpc) is 3.08. The first-order valence-corrected chi connectivity index (χ1v) is 10.2. The van der Waals surface area contributed by atoms with Crippen molar-refractivity contribution in [2.75, 3.05) is 0 Å². The van der Waals surface area contributed by atoms with Crippen molar-refractivity contribution >= 4 is 50.6 Å². The summed E-state index contributed by atoms with van der Waals surface area (Å²) in [6, 6.07) is 23.0. The zero-order chi connectivity index (χ0) is 20.2. The number of nitrogens with one attached hydrogen (secondary N) is 1. The summed E-state index contributed by atoms with van der Waals surface area (Å²) in [4.78, 5) is 12.2. The molecule has 6 heteroatoms. The van der Waals surface area contributed by atoms with E-state index in [0.29, 0.717) is 12.1 Å². The molecule has 4 aromatic rings. The molecule has 0 unspecified atom stereocenters. The summed E-state index contributed by atoms with van der Waals surface area (Å²) in [7, 11) is 0. The van der Waals surface area contributed by atoms with Gasteiger partial charge in [-0.2, -0.15) is 5.10 Å². The van der Waals surface area contributed by atoms with E-state index in [1.807, 2.05) is 60.8 Å². The number of nitrogens with zero attached hydrogens (tertiary/aromatic N) is 2. The van der Waals surface area contributed by atoms with Crippen molar-refractivity contribution in [2.24, 2.45) is 5.10 Å². The summed E-state index contributed by atoms with van der Waals surface area (Å²) < 4.78 is 3.05. The van der Waals surface area contributed by atoms with Gasteiger partial charge < -0.3 is 4.57 Å². The zero-order valence-corrected chi connectivity index (χ0v) is 17.7. The lowest BCUT2D eigenvalue weighted by Crippen LogP contribution is -2.17. The standard InChI is InChI=1S/C23H17BrClN3O/c24-19-11-9-16(10-12-19)23(29)27-26-13-18-15-28(22-8-4-2-6-20(18)22)14-17-5-1-3-7-21(17)25/h1-13,15H,14H2,(H,27,29)/b26-13+. The number of carbonyl (C=O) groups is 1. The molecule has 1 heterocycles. The molecule has 1 N–H and O–H groups in total. The molecule has 0 saturated heterocycles. The van der Waals surface area contributed by atoms with Crippen molar-refractivity contribution in [3.05, 3.63) is 105 Å². The van der Waals surface area contributed by atoms with Gasteiger partial charge in [0.15, 0.2) is 0 Å². The van der Waals surface area contributed by atoms with Crippen LogP contribution in [0.3, 0.4) is 0 Å². The van der Waals surface area contributed by atoms with E-state index in [-0.39, 0.29) is 5.91 Å². The van der Waals surface area contributed by atoms with Crippen LogP contribution in [0.1, 0.15) is 21.5 Å². The lowest BCUT2D eigenvalue weighted by molar-refractivity contribution is 0.0955. The van der Waals surface area contributed by atoms with Gasteiger partial charge in [-0.15, -0.1) is 0 Å². The maximum atomic E-state index is 12.2. The monoisotopic (exact) mass is 465 g/mol. The Morgan fingerprint density at radius 2 is 1.76 bits per heavy atom. The smallest absolute Gasteiger partial charge is 0.271 e. The Hall–Kier alpha value is -2.89. The number of hydrogen-bond acceptors (Lipinski definition) is 2. The number of hydrazone groups is 1. The van der Waals surface area contributed by atoms with Crippen molar-refractivity contribution < 1.29 is 4.79 Å². The molecule has 4 nitrogen and oxygen atoms in total. The molecule has 3 aromatic carbocycles. The summed E-state index contributed by atoms with van der Waals surface area (Å²) in [6.07, 6.45) is 3.69. The quantitative estimate of drug-likeness (QED) is 0.290. The highest BCUT2D eigenvalue weighted by molar-refractivity contribution is 9.10. The topological polar surface area (TPSA) is 46.4 Å². The van der Waals surface area contributed by atoms with E-state index in [9.17, 15) is 4.79 Å². The predicted octanol–water partition coefficient (Wildman–Crippen LogP) is 5.87. The zero-order valence-electron chi connectivity index (χ0n) is 15.3. The molecule has 0 aliphatic rings. The lowest BCUT2D eigenvalue weighted by atomic mass is 10.2. The van der Waals surface area contributed by atoms with Gasteiger partial charge in [0.1, 0.15) is 0 Å². The number of fused-ring (bicyclic) bond motifs is 1. The third-order valence-corrected chi connectivity index (χ3v) is 5.49. The van der Waals surface area contributed by atoms with Crippen molar-refractivity contribution in [2.45, 2.75) is 6.54 Å². The number of carbonyl (C=O) groups excluding carboxylic acids is 1. The molecule has 0 spiro atoms. The largest absolute Gasteiger partial charge is 0.342 e. The van der Waals surface area contributed by atoms with Crippen LogP contribution in [0.15, 0.2) is 88.6 Å². The van der Waals surface area contributed by atoms with Gasteiger partial charge in [0, 0.05) is 44.3 Å². The second-order valence-corrected chi connectivity index (χ2v) is 7.85. The van der Waals surface area contributed by atoms with Gasteiger partial charge in [0.05, 0.1) is 6.21 Å². The van der Waals surface area contributed by atoms with Crippen LogP contribution in [-0.2, 0) is 6.54 Å². The SMILES string of the molecule is O=C(N/N=C/c1cn(Cc2ccccc2Cl)c2ccccc12)c1ccc(Br)cc1. The van der Waals surface area contributed by atoms with Gasteiger partial charge >= 0.3 is 0 Å². The van der Waals surface area contributed by atoms with Crippen molar-refractivity contribution in [3.63, 3.8) is 0 Å². The summed E-state index contributed by atoms with van der Waals surface area (Å²) in [5, 5.41) is 5.95. The molecular formula is C23H17BrClN3O. The van der Waals surface area contributed by atoms with E-state index in [0.717, 1.165) is 31.5 Å². The molecule has 1 amide bonds. The van der Waals surface area contributed by atoms with E-state index in [4.69, 9.17) is 11.6 Å². The number of aromatic nitrogens is 1. The van der Waals surface area contributed by atoms with Gasteiger partial charge in [-0.25, -0.2) is 5.43 Å². The van der Waals surface area contributed by atoms with Gasteiger partial charge in [0.25, 0.3) is 5.91 Å².